The van der Waals surface area contributed by atoms with Crippen LogP contribution in [0.4, 0.5) is 5.69 Å². The molecular weight excluding hydrogens is 272 g/mol. The average Bonchev–Trinajstić information content (AvgIpc) is 2.97. The molecular formula is C15H14N2O2S. The monoisotopic (exact) mass is 286 g/mol. The van der Waals surface area contributed by atoms with Gasteiger partial charge >= 0.3 is 0 Å². The fraction of sp³-hybridized carbons (Fsp3) is 0.200. The summed E-state index contributed by atoms with van der Waals surface area (Å²) in [7, 11) is 0. The maximum absolute atomic E-state index is 12.3. The molecule has 3 rings (SSSR count). The second-order valence-corrected chi connectivity index (χ2v) is 5.72. The molecule has 1 aromatic heterocycles. The van der Waals surface area contributed by atoms with E-state index in [-0.39, 0.29) is 18.2 Å². The first kappa shape index (κ1) is 12.9. The van der Waals surface area contributed by atoms with Crippen LogP contribution in [0.1, 0.15) is 22.8 Å². The number of rotatable bonds is 3. The van der Waals surface area contributed by atoms with Gasteiger partial charge in [-0.1, -0.05) is 24.3 Å². The van der Waals surface area contributed by atoms with Crippen molar-refractivity contribution >= 4 is 28.8 Å². The Morgan fingerprint density at radius 2 is 2.15 bits per heavy atom. The van der Waals surface area contributed by atoms with Gasteiger partial charge in [0, 0.05) is 17.0 Å². The normalized spacial score (nSPS) is 17.2. The predicted octanol–water partition coefficient (Wildman–Crippen LogP) is 2.49. The largest absolute Gasteiger partial charge is 0.351 e. The molecule has 20 heavy (non-hydrogen) atoms. The first-order valence-corrected chi connectivity index (χ1v) is 7.31. The Labute approximate surface area is 120 Å². The van der Waals surface area contributed by atoms with Crippen molar-refractivity contribution < 1.29 is 9.59 Å². The molecule has 0 aliphatic carbocycles. The lowest BCUT2D eigenvalue weighted by atomic mass is 9.90. The smallest absolute Gasteiger partial charge is 0.228 e. The molecule has 0 radical (unpaired) electrons. The summed E-state index contributed by atoms with van der Waals surface area (Å²) in [6, 6.07) is 11.4. The number of nitrogens with one attached hydrogen (secondary N) is 2. The minimum atomic E-state index is -0.403. The van der Waals surface area contributed by atoms with Gasteiger partial charge in [-0.2, -0.15) is 0 Å². The highest BCUT2D eigenvalue weighted by atomic mass is 32.1. The molecule has 0 saturated carbocycles. The van der Waals surface area contributed by atoms with E-state index in [0.29, 0.717) is 6.54 Å². The van der Waals surface area contributed by atoms with Crippen LogP contribution in [0.25, 0.3) is 0 Å². The Bertz CT molecular complexity index is 637. The summed E-state index contributed by atoms with van der Waals surface area (Å²) >= 11 is 1.60. The van der Waals surface area contributed by atoms with Gasteiger partial charge in [0.1, 0.15) is 0 Å². The Morgan fingerprint density at radius 1 is 1.30 bits per heavy atom. The summed E-state index contributed by atoms with van der Waals surface area (Å²) in [5, 5.41) is 7.68. The summed E-state index contributed by atoms with van der Waals surface area (Å²) in [5.74, 6) is -0.611. The van der Waals surface area contributed by atoms with Crippen molar-refractivity contribution in [3.8, 4) is 0 Å². The summed E-state index contributed by atoms with van der Waals surface area (Å²) in [5.41, 5.74) is 1.62. The molecule has 102 valence electrons. The number of carbonyl (C=O) groups is 2. The van der Waals surface area contributed by atoms with Crippen LogP contribution in [0, 0.1) is 0 Å². The lowest BCUT2D eigenvalue weighted by molar-refractivity contribution is -0.126. The predicted molar refractivity (Wildman–Crippen MR) is 78.6 cm³/mol. The van der Waals surface area contributed by atoms with E-state index in [0.717, 1.165) is 16.1 Å². The topological polar surface area (TPSA) is 58.2 Å². The van der Waals surface area contributed by atoms with Crippen molar-refractivity contribution in [3.05, 3.63) is 52.2 Å². The maximum Gasteiger partial charge on any atom is 0.228 e. The number of anilines is 1. The van der Waals surface area contributed by atoms with Crippen LogP contribution in [-0.4, -0.2) is 11.8 Å². The lowest BCUT2D eigenvalue weighted by Gasteiger charge is -2.24. The highest BCUT2D eigenvalue weighted by Crippen LogP contribution is 2.32. The summed E-state index contributed by atoms with van der Waals surface area (Å²) in [4.78, 5) is 25.1. The Hall–Kier alpha value is -2.14. The number of hydrogen-bond donors (Lipinski definition) is 2. The molecule has 0 saturated heterocycles. The fourth-order valence-corrected chi connectivity index (χ4v) is 3.00. The van der Waals surface area contributed by atoms with E-state index in [1.165, 1.54) is 0 Å². The number of fused-ring (bicyclic) bond motifs is 1. The molecule has 1 aromatic carbocycles. The Balaban J connectivity index is 1.76. The summed E-state index contributed by atoms with van der Waals surface area (Å²) < 4.78 is 0. The summed E-state index contributed by atoms with van der Waals surface area (Å²) in [6.45, 7) is 0.511. The van der Waals surface area contributed by atoms with E-state index < -0.39 is 5.92 Å². The molecule has 4 nitrogen and oxygen atoms in total. The van der Waals surface area contributed by atoms with E-state index >= 15 is 0 Å². The third-order valence-corrected chi connectivity index (χ3v) is 4.21. The van der Waals surface area contributed by atoms with Crippen LogP contribution in [-0.2, 0) is 16.1 Å². The van der Waals surface area contributed by atoms with Crippen LogP contribution >= 0.6 is 11.3 Å². The molecule has 1 aliphatic rings. The van der Waals surface area contributed by atoms with Gasteiger partial charge in [-0.3, -0.25) is 9.59 Å². The van der Waals surface area contributed by atoms with E-state index in [1.54, 1.807) is 11.3 Å². The second kappa shape index (κ2) is 5.46. The van der Waals surface area contributed by atoms with Crippen LogP contribution in [0.3, 0.4) is 0 Å². The second-order valence-electron chi connectivity index (χ2n) is 4.69. The van der Waals surface area contributed by atoms with Gasteiger partial charge < -0.3 is 10.6 Å². The molecule has 1 aliphatic heterocycles. The number of carbonyl (C=O) groups excluding carboxylic acids is 2. The van der Waals surface area contributed by atoms with Gasteiger partial charge in [-0.15, -0.1) is 11.3 Å². The molecule has 0 fully saturated rings. The molecule has 0 bridgehead atoms. The summed E-state index contributed by atoms with van der Waals surface area (Å²) in [6.07, 6.45) is 0.202. The van der Waals surface area contributed by atoms with Gasteiger partial charge in [0.2, 0.25) is 11.8 Å². The third-order valence-electron chi connectivity index (χ3n) is 3.33. The molecule has 2 N–H and O–H groups in total. The molecule has 2 amide bonds. The molecule has 2 aromatic rings. The fourth-order valence-electron chi connectivity index (χ4n) is 2.36. The van der Waals surface area contributed by atoms with E-state index in [4.69, 9.17) is 0 Å². The zero-order valence-corrected chi connectivity index (χ0v) is 11.6. The van der Waals surface area contributed by atoms with Gasteiger partial charge in [-0.25, -0.2) is 0 Å². The van der Waals surface area contributed by atoms with Gasteiger partial charge in [0.25, 0.3) is 0 Å². The Kier molecular flexibility index (Phi) is 3.52. The van der Waals surface area contributed by atoms with Crippen molar-refractivity contribution in [2.75, 3.05) is 5.32 Å². The van der Waals surface area contributed by atoms with Gasteiger partial charge in [-0.05, 0) is 23.1 Å². The highest BCUT2D eigenvalue weighted by molar-refractivity contribution is 7.09. The van der Waals surface area contributed by atoms with Crippen LogP contribution in [0.15, 0.2) is 41.8 Å². The molecule has 5 heteroatoms. The standard InChI is InChI=1S/C15H14N2O2S/c18-14-8-12(11-5-1-2-6-13(11)17-14)15(19)16-9-10-4-3-7-20-10/h1-7,12H,8-9H2,(H,16,19)(H,17,18). The zero-order valence-electron chi connectivity index (χ0n) is 10.8. The first-order valence-electron chi connectivity index (χ1n) is 6.43. The van der Waals surface area contributed by atoms with E-state index in [1.807, 2.05) is 41.8 Å². The number of amides is 2. The average molecular weight is 286 g/mol. The SMILES string of the molecule is O=C1CC(C(=O)NCc2cccs2)c2ccccc2N1. The maximum atomic E-state index is 12.3. The number of thiophene rings is 1. The minimum Gasteiger partial charge on any atom is -0.351 e. The van der Waals surface area contributed by atoms with Crippen molar-refractivity contribution in [2.45, 2.75) is 18.9 Å². The van der Waals surface area contributed by atoms with E-state index in [2.05, 4.69) is 10.6 Å². The van der Waals surface area contributed by atoms with Crippen molar-refractivity contribution in [2.24, 2.45) is 0 Å². The number of para-hydroxylation sites is 1. The highest BCUT2D eigenvalue weighted by Gasteiger charge is 2.30. The van der Waals surface area contributed by atoms with Crippen LogP contribution < -0.4 is 10.6 Å². The van der Waals surface area contributed by atoms with Gasteiger partial charge in [0.15, 0.2) is 0 Å². The number of hydrogen-bond acceptors (Lipinski definition) is 3. The van der Waals surface area contributed by atoms with E-state index in [9.17, 15) is 9.59 Å². The number of benzene rings is 1. The van der Waals surface area contributed by atoms with Crippen LogP contribution in [0.5, 0.6) is 0 Å². The molecule has 2 heterocycles. The van der Waals surface area contributed by atoms with Crippen molar-refractivity contribution in [1.29, 1.82) is 0 Å². The lowest BCUT2D eigenvalue weighted by Crippen LogP contribution is -2.34. The third kappa shape index (κ3) is 2.58. The minimum absolute atomic E-state index is 0.0966. The molecule has 1 atom stereocenters. The van der Waals surface area contributed by atoms with Crippen LogP contribution in [0.2, 0.25) is 0 Å². The van der Waals surface area contributed by atoms with Gasteiger partial charge in [0.05, 0.1) is 12.5 Å². The van der Waals surface area contributed by atoms with Crippen molar-refractivity contribution in [1.82, 2.24) is 5.32 Å². The van der Waals surface area contributed by atoms with Crippen molar-refractivity contribution in [3.63, 3.8) is 0 Å². The first-order chi connectivity index (χ1) is 9.74. The Morgan fingerprint density at radius 3 is 2.95 bits per heavy atom. The quantitative estimate of drug-likeness (QED) is 0.910. The molecule has 0 spiro atoms. The molecule has 1 unspecified atom stereocenters. The zero-order chi connectivity index (χ0) is 13.9.